The van der Waals surface area contributed by atoms with Crippen LogP contribution in [0.3, 0.4) is 0 Å². The number of hydrogen-bond donors (Lipinski definition) is 0. The Labute approximate surface area is 144 Å². The van der Waals surface area contributed by atoms with Crippen molar-refractivity contribution < 1.29 is 14.3 Å². The Hall–Kier alpha value is -2.01. The maximum Gasteiger partial charge on any atom is 0.414 e. The number of fused-ring (bicyclic) bond motifs is 1. The van der Waals surface area contributed by atoms with Crippen LogP contribution in [0, 0.1) is 0 Å². The molecule has 0 bridgehead atoms. The summed E-state index contributed by atoms with van der Waals surface area (Å²) < 4.78 is 11.9. The molecule has 0 N–H and O–H groups in total. The monoisotopic (exact) mass is 375 g/mol. The van der Waals surface area contributed by atoms with Gasteiger partial charge in [0.1, 0.15) is 12.4 Å². The molecule has 120 valence electrons. The van der Waals surface area contributed by atoms with Gasteiger partial charge in [0, 0.05) is 11.0 Å². The molecule has 0 radical (unpaired) electrons. The number of ether oxygens (including phenoxy) is 2. The average Bonchev–Trinajstić information content (AvgIpc) is 2.59. The van der Waals surface area contributed by atoms with Crippen LogP contribution in [-0.2, 0) is 17.8 Å². The first-order valence-corrected chi connectivity index (χ1v) is 8.33. The Morgan fingerprint density at radius 3 is 2.78 bits per heavy atom. The molecule has 0 spiro atoms. The van der Waals surface area contributed by atoms with Crippen LogP contribution in [0.15, 0.2) is 46.9 Å². The molecule has 3 rings (SSSR count). The lowest BCUT2D eigenvalue weighted by molar-refractivity contribution is 0.146. The maximum absolute atomic E-state index is 12.5. The van der Waals surface area contributed by atoms with Crippen molar-refractivity contribution in [2.24, 2.45) is 0 Å². The Balaban J connectivity index is 1.80. The summed E-state index contributed by atoms with van der Waals surface area (Å²) in [5, 5.41) is 0. The Morgan fingerprint density at radius 1 is 1.26 bits per heavy atom. The Bertz CT molecular complexity index is 686. The zero-order valence-electron chi connectivity index (χ0n) is 12.9. The van der Waals surface area contributed by atoms with Crippen molar-refractivity contribution in [2.45, 2.75) is 19.4 Å². The fraction of sp³-hybridized carbons (Fsp3) is 0.278. The molecular weight excluding hydrogens is 358 g/mol. The van der Waals surface area contributed by atoms with Crippen LogP contribution in [0.1, 0.15) is 17.5 Å². The maximum atomic E-state index is 12.5. The molecule has 0 atom stereocenters. The molecular formula is C18H18BrNO3. The zero-order valence-corrected chi connectivity index (χ0v) is 14.5. The van der Waals surface area contributed by atoms with E-state index in [1.807, 2.05) is 42.5 Å². The SMILES string of the molecule is COc1cc(Br)cc2c1N(C(=O)OCc1ccccc1)CCC2. The summed E-state index contributed by atoms with van der Waals surface area (Å²) in [6.07, 6.45) is 1.50. The van der Waals surface area contributed by atoms with Gasteiger partial charge in [0.15, 0.2) is 0 Å². The van der Waals surface area contributed by atoms with Crippen LogP contribution in [-0.4, -0.2) is 19.7 Å². The smallest absolute Gasteiger partial charge is 0.414 e. The number of methoxy groups -OCH3 is 1. The standard InChI is InChI=1S/C18H18BrNO3/c1-22-16-11-15(19)10-14-8-5-9-20(17(14)16)18(21)23-12-13-6-3-2-4-7-13/h2-4,6-7,10-11H,5,8-9,12H2,1H3. The molecule has 0 saturated carbocycles. The van der Waals surface area contributed by atoms with E-state index in [0.717, 1.165) is 34.1 Å². The first-order chi connectivity index (χ1) is 11.2. The van der Waals surface area contributed by atoms with Gasteiger partial charge >= 0.3 is 6.09 Å². The molecule has 4 nitrogen and oxygen atoms in total. The van der Waals surface area contributed by atoms with E-state index in [4.69, 9.17) is 9.47 Å². The van der Waals surface area contributed by atoms with Crippen LogP contribution < -0.4 is 9.64 Å². The van der Waals surface area contributed by atoms with E-state index in [-0.39, 0.29) is 12.7 Å². The highest BCUT2D eigenvalue weighted by molar-refractivity contribution is 9.10. The van der Waals surface area contributed by atoms with Gasteiger partial charge in [0.05, 0.1) is 12.8 Å². The highest BCUT2D eigenvalue weighted by Crippen LogP contribution is 2.39. The minimum atomic E-state index is -0.338. The quantitative estimate of drug-likeness (QED) is 0.789. The lowest BCUT2D eigenvalue weighted by Gasteiger charge is -2.30. The highest BCUT2D eigenvalue weighted by atomic mass is 79.9. The van der Waals surface area contributed by atoms with Crippen LogP contribution in [0.5, 0.6) is 5.75 Å². The molecule has 1 aliphatic heterocycles. The summed E-state index contributed by atoms with van der Waals surface area (Å²) >= 11 is 3.49. The minimum Gasteiger partial charge on any atom is -0.495 e. The van der Waals surface area contributed by atoms with Gasteiger partial charge < -0.3 is 9.47 Å². The number of nitrogens with zero attached hydrogens (tertiary/aromatic N) is 1. The van der Waals surface area contributed by atoms with Crippen molar-refractivity contribution in [3.8, 4) is 5.75 Å². The van der Waals surface area contributed by atoms with E-state index in [0.29, 0.717) is 12.3 Å². The van der Waals surface area contributed by atoms with E-state index in [9.17, 15) is 4.79 Å². The number of carbonyl (C=O) groups is 1. The van der Waals surface area contributed by atoms with Crippen LogP contribution in [0.2, 0.25) is 0 Å². The molecule has 1 aliphatic rings. The largest absolute Gasteiger partial charge is 0.495 e. The van der Waals surface area contributed by atoms with Crippen molar-refractivity contribution in [1.29, 1.82) is 0 Å². The second kappa shape index (κ2) is 7.04. The van der Waals surface area contributed by atoms with E-state index >= 15 is 0 Å². The summed E-state index contributed by atoms with van der Waals surface area (Å²) in [4.78, 5) is 14.2. The van der Waals surface area contributed by atoms with Gasteiger partial charge in [-0.05, 0) is 36.1 Å². The lowest BCUT2D eigenvalue weighted by atomic mass is 10.0. The summed E-state index contributed by atoms with van der Waals surface area (Å²) in [6, 6.07) is 13.6. The average molecular weight is 376 g/mol. The number of rotatable bonds is 3. The number of carbonyl (C=O) groups excluding carboxylic acids is 1. The van der Waals surface area contributed by atoms with Crippen LogP contribution in [0.25, 0.3) is 0 Å². The zero-order chi connectivity index (χ0) is 16.2. The topological polar surface area (TPSA) is 38.8 Å². The summed E-state index contributed by atoms with van der Waals surface area (Å²) in [5.74, 6) is 0.686. The van der Waals surface area contributed by atoms with Crippen molar-refractivity contribution >= 4 is 27.7 Å². The molecule has 5 heteroatoms. The van der Waals surface area contributed by atoms with Gasteiger partial charge in [0.2, 0.25) is 0 Å². The fourth-order valence-corrected chi connectivity index (χ4v) is 3.28. The fourth-order valence-electron chi connectivity index (χ4n) is 2.80. The lowest BCUT2D eigenvalue weighted by Crippen LogP contribution is -2.36. The number of benzene rings is 2. The summed E-state index contributed by atoms with van der Waals surface area (Å²) in [5.41, 5.74) is 2.89. The number of hydrogen-bond acceptors (Lipinski definition) is 3. The predicted molar refractivity (Wildman–Crippen MR) is 93.0 cm³/mol. The van der Waals surface area contributed by atoms with Crippen molar-refractivity contribution in [1.82, 2.24) is 0 Å². The van der Waals surface area contributed by atoms with Gasteiger partial charge in [-0.25, -0.2) is 4.79 Å². The molecule has 0 fully saturated rings. The van der Waals surface area contributed by atoms with Crippen molar-refractivity contribution in [2.75, 3.05) is 18.6 Å². The molecule has 0 unspecified atom stereocenters. The molecule has 0 aliphatic carbocycles. The van der Waals surface area contributed by atoms with Crippen molar-refractivity contribution in [3.63, 3.8) is 0 Å². The van der Waals surface area contributed by atoms with E-state index in [2.05, 4.69) is 15.9 Å². The van der Waals surface area contributed by atoms with E-state index < -0.39 is 0 Å². The molecule has 23 heavy (non-hydrogen) atoms. The van der Waals surface area contributed by atoms with E-state index in [1.54, 1.807) is 12.0 Å². The first-order valence-electron chi connectivity index (χ1n) is 7.53. The Morgan fingerprint density at radius 2 is 2.04 bits per heavy atom. The molecule has 1 heterocycles. The third-order valence-electron chi connectivity index (χ3n) is 3.86. The third-order valence-corrected chi connectivity index (χ3v) is 4.32. The molecule has 1 amide bonds. The van der Waals surface area contributed by atoms with Gasteiger partial charge in [-0.15, -0.1) is 0 Å². The third kappa shape index (κ3) is 3.50. The van der Waals surface area contributed by atoms with Crippen LogP contribution in [0.4, 0.5) is 10.5 Å². The van der Waals surface area contributed by atoms with Crippen LogP contribution >= 0.6 is 15.9 Å². The number of aryl methyl sites for hydroxylation is 1. The molecule has 0 aromatic heterocycles. The second-order valence-corrected chi connectivity index (χ2v) is 6.33. The van der Waals surface area contributed by atoms with Gasteiger partial charge in [0.25, 0.3) is 0 Å². The van der Waals surface area contributed by atoms with Gasteiger partial charge in [-0.1, -0.05) is 46.3 Å². The summed E-state index contributed by atoms with van der Waals surface area (Å²) in [7, 11) is 1.62. The van der Waals surface area contributed by atoms with Gasteiger partial charge in [-0.3, -0.25) is 4.90 Å². The minimum absolute atomic E-state index is 0.268. The summed E-state index contributed by atoms with van der Waals surface area (Å²) in [6.45, 7) is 0.906. The number of anilines is 1. The molecule has 2 aromatic carbocycles. The van der Waals surface area contributed by atoms with E-state index in [1.165, 1.54) is 0 Å². The first kappa shape index (κ1) is 15.9. The molecule has 2 aromatic rings. The molecule has 0 saturated heterocycles. The predicted octanol–water partition coefficient (Wildman–Crippen LogP) is 4.55. The second-order valence-electron chi connectivity index (χ2n) is 5.41. The number of amides is 1. The van der Waals surface area contributed by atoms with Crippen molar-refractivity contribution in [3.05, 3.63) is 58.1 Å². The highest BCUT2D eigenvalue weighted by Gasteiger charge is 2.27. The normalized spacial score (nSPS) is 13.4. The Kier molecular flexibility index (Phi) is 4.86. The number of halogens is 1. The van der Waals surface area contributed by atoms with Gasteiger partial charge in [-0.2, -0.15) is 0 Å².